The molecule has 2 atom stereocenters. The van der Waals surface area contributed by atoms with Gasteiger partial charge in [0.15, 0.2) is 0 Å². The third-order valence-electron chi connectivity index (χ3n) is 4.36. The Kier molecular flexibility index (Phi) is 3.82. The normalized spacial score (nSPS) is 22.9. The lowest BCUT2D eigenvalue weighted by atomic mass is 10.0. The van der Waals surface area contributed by atoms with Crippen molar-refractivity contribution in [3.63, 3.8) is 0 Å². The average molecular weight is 288 g/mol. The molecule has 5 nitrogen and oxygen atoms in total. The predicted molar refractivity (Wildman–Crippen MR) is 77.8 cm³/mol. The number of carbonyl (C=O) groups excluding carboxylic acids is 1. The molecule has 2 unspecified atom stereocenters. The number of carbonyl (C=O) groups is 2. The lowest BCUT2D eigenvalue weighted by Gasteiger charge is -2.23. The minimum Gasteiger partial charge on any atom is -0.481 e. The number of carboxylic acid groups (broad SMARTS) is 1. The summed E-state index contributed by atoms with van der Waals surface area (Å²) >= 11 is 0. The number of hydrogen-bond donors (Lipinski definition) is 2. The largest absolute Gasteiger partial charge is 0.481 e. The van der Waals surface area contributed by atoms with E-state index in [1.54, 1.807) is 4.90 Å². The summed E-state index contributed by atoms with van der Waals surface area (Å²) in [4.78, 5) is 24.9. The van der Waals surface area contributed by atoms with E-state index in [4.69, 9.17) is 5.11 Å². The first-order valence-electron chi connectivity index (χ1n) is 7.48. The number of rotatable bonds is 4. The van der Waals surface area contributed by atoms with Gasteiger partial charge in [-0.1, -0.05) is 30.3 Å². The van der Waals surface area contributed by atoms with Crippen molar-refractivity contribution in [3.05, 3.63) is 35.9 Å². The number of benzene rings is 1. The zero-order valence-electron chi connectivity index (χ0n) is 11.9. The first-order chi connectivity index (χ1) is 10.1. The highest BCUT2D eigenvalue weighted by Gasteiger charge is 2.36. The molecule has 1 heterocycles. The molecule has 1 saturated heterocycles. The fourth-order valence-electron chi connectivity index (χ4n) is 2.93. The molecule has 21 heavy (non-hydrogen) atoms. The van der Waals surface area contributed by atoms with Crippen LogP contribution >= 0.6 is 0 Å². The number of carboxylic acids is 1. The van der Waals surface area contributed by atoms with Crippen LogP contribution in [0.1, 0.15) is 30.9 Å². The maximum Gasteiger partial charge on any atom is 0.317 e. The van der Waals surface area contributed by atoms with Gasteiger partial charge in [-0.05, 0) is 30.7 Å². The van der Waals surface area contributed by atoms with Crippen LogP contribution in [0.3, 0.4) is 0 Å². The summed E-state index contributed by atoms with van der Waals surface area (Å²) in [6.45, 7) is 0.836. The van der Waals surface area contributed by atoms with Crippen LogP contribution in [-0.4, -0.2) is 35.1 Å². The summed E-state index contributed by atoms with van der Waals surface area (Å²) in [6.07, 6.45) is 2.82. The van der Waals surface area contributed by atoms with Crippen molar-refractivity contribution in [1.82, 2.24) is 10.2 Å². The van der Waals surface area contributed by atoms with Crippen molar-refractivity contribution in [3.8, 4) is 0 Å². The van der Waals surface area contributed by atoms with E-state index in [-0.39, 0.29) is 12.1 Å². The van der Waals surface area contributed by atoms with Gasteiger partial charge in [-0.25, -0.2) is 4.79 Å². The fraction of sp³-hybridized carbons (Fsp3) is 0.500. The molecular formula is C16H20N2O3. The van der Waals surface area contributed by atoms with Gasteiger partial charge in [0.1, 0.15) is 0 Å². The quantitative estimate of drug-likeness (QED) is 0.892. The molecule has 0 aromatic heterocycles. The SMILES string of the molecule is O=C(O)C1CCN(C(=O)NC(c2ccccc2)C2CC2)C1. The maximum atomic E-state index is 12.4. The van der Waals surface area contributed by atoms with E-state index >= 15 is 0 Å². The molecule has 0 radical (unpaired) electrons. The van der Waals surface area contributed by atoms with Crippen LogP contribution in [0, 0.1) is 11.8 Å². The molecule has 1 aromatic carbocycles. The van der Waals surface area contributed by atoms with Crippen molar-refractivity contribution in [2.75, 3.05) is 13.1 Å². The van der Waals surface area contributed by atoms with E-state index in [1.807, 2.05) is 30.3 Å². The number of aliphatic carboxylic acids is 1. The van der Waals surface area contributed by atoms with Gasteiger partial charge >= 0.3 is 12.0 Å². The predicted octanol–water partition coefficient (Wildman–Crippen LogP) is 2.25. The van der Waals surface area contributed by atoms with Gasteiger partial charge in [0.25, 0.3) is 0 Å². The molecular weight excluding hydrogens is 268 g/mol. The van der Waals surface area contributed by atoms with Crippen LogP contribution in [0.4, 0.5) is 4.79 Å². The minimum absolute atomic E-state index is 0.0441. The number of nitrogens with one attached hydrogen (secondary N) is 1. The Hall–Kier alpha value is -2.04. The van der Waals surface area contributed by atoms with Gasteiger partial charge in [-0.2, -0.15) is 0 Å². The molecule has 1 aromatic rings. The second-order valence-corrected chi connectivity index (χ2v) is 5.95. The Bertz CT molecular complexity index is 528. The van der Waals surface area contributed by atoms with Gasteiger partial charge in [0.05, 0.1) is 12.0 Å². The highest BCUT2D eigenvalue weighted by Crippen LogP contribution is 2.41. The van der Waals surface area contributed by atoms with E-state index in [0.717, 1.165) is 18.4 Å². The third kappa shape index (κ3) is 3.17. The van der Waals surface area contributed by atoms with E-state index in [9.17, 15) is 9.59 Å². The third-order valence-corrected chi connectivity index (χ3v) is 4.36. The number of urea groups is 1. The Balaban J connectivity index is 1.64. The van der Waals surface area contributed by atoms with Gasteiger partial charge in [-0.15, -0.1) is 0 Å². The van der Waals surface area contributed by atoms with Crippen molar-refractivity contribution < 1.29 is 14.7 Å². The maximum absolute atomic E-state index is 12.4. The Morgan fingerprint density at radius 1 is 1.19 bits per heavy atom. The monoisotopic (exact) mass is 288 g/mol. The highest BCUT2D eigenvalue weighted by atomic mass is 16.4. The van der Waals surface area contributed by atoms with Crippen LogP contribution in [0.25, 0.3) is 0 Å². The molecule has 5 heteroatoms. The van der Waals surface area contributed by atoms with Crippen molar-refractivity contribution in [2.45, 2.75) is 25.3 Å². The van der Waals surface area contributed by atoms with E-state index in [0.29, 0.717) is 25.4 Å². The molecule has 2 N–H and O–H groups in total. The molecule has 3 rings (SSSR count). The molecule has 1 aliphatic carbocycles. The van der Waals surface area contributed by atoms with Crippen LogP contribution in [0.5, 0.6) is 0 Å². The Labute approximate surface area is 123 Å². The second-order valence-electron chi connectivity index (χ2n) is 5.95. The van der Waals surface area contributed by atoms with Crippen molar-refractivity contribution in [1.29, 1.82) is 0 Å². The molecule has 2 amide bonds. The number of likely N-dealkylation sites (tertiary alicyclic amines) is 1. The molecule has 2 aliphatic rings. The smallest absolute Gasteiger partial charge is 0.317 e. The highest BCUT2D eigenvalue weighted by molar-refractivity contribution is 5.77. The molecule has 112 valence electrons. The average Bonchev–Trinajstić information content (AvgIpc) is 3.20. The number of hydrogen-bond acceptors (Lipinski definition) is 2. The summed E-state index contributed by atoms with van der Waals surface area (Å²) in [6, 6.07) is 9.90. The summed E-state index contributed by atoms with van der Waals surface area (Å²) in [5.74, 6) is -0.729. The summed E-state index contributed by atoms with van der Waals surface area (Å²) in [7, 11) is 0. The van der Waals surface area contributed by atoms with E-state index in [1.165, 1.54) is 0 Å². The van der Waals surface area contributed by atoms with E-state index < -0.39 is 11.9 Å². The second kappa shape index (κ2) is 5.76. The van der Waals surface area contributed by atoms with Gasteiger partial charge in [-0.3, -0.25) is 4.79 Å². The minimum atomic E-state index is -0.813. The van der Waals surface area contributed by atoms with Crippen LogP contribution < -0.4 is 5.32 Å². The van der Waals surface area contributed by atoms with Crippen molar-refractivity contribution >= 4 is 12.0 Å². The lowest BCUT2D eigenvalue weighted by molar-refractivity contribution is -0.141. The Morgan fingerprint density at radius 3 is 2.48 bits per heavy atom. The van der Waals surface area contributed by atoms with Crippen LogP contribution in [-0.2, 0) is 4.79 Å². The topological polar surface area (TPSA) is 69.6 Å². The molecule has 1 aliphatic heterocycles. The van der Waals surface area contributed by atoms with Gasteiger partial charge < -0.3 is 15.3 Å². The summed E-state index contributed by atoms with van der Waals surface area (Å²) in [5.41, 5.74) is 1.13. The number of amides is 2. The molecule has 2 fully saturated rings. The zero-order valence-corrected chi connectivity index (χ0v) is 11.9. The summed E-state index contributed by atoms with van der Waals surface area (Å²) in [5, 5.41) is 12.1. The Morgan fingerprint density at radius 2 is 1.90 bits per heavy atom. The first kappa shape index (κ1) is 13.9. The van der Waals surface area contributed by atoms with Crippen LogP contribution in [0.2, 0.25) is 0 Å². The molecule has 1 saturated carbocycles. The first-order valence-corrected chi connectivity index (χ1v) is 7.48. The van der Waals surface area contributed by atoms with E-state index in [2.05, 4.69) is 5.32 Å². The lowest BCUT2D eigenvalue weighted by Crippen LogP contribution is -2.41. The van der Waals surface area contributed by atoms with Crippen LogP contribution in [0.15, 0.2) is 30.3 Å². The number of nitrogens with zero attached hydrogens (tertiary/aromatic N) is 1. The fourth-order valence-corrected chi connectivity index (χ4v) is 2.93. The molecule has 0 bridgehead atoms. The molecule has 0 spiro atoms. The standard InChI is InChI=1S/C16H20N2O3/c19-15(20)13-8-9-18(10-13)16(21)17-14(12-6-7-12)11-4-2-1-3-5-11/h1-5,12-14H,6-10H2,(H,17,21)(H,19,20). The zero-order chi connectivity index (χ0) is 14.8. The van der Waals surface area contributed by atoms with Gasteiger partial charge in [0, 0.05) is 13.1 Å². The van der Waals surface area contributed by atoms with Gasteiger partial charge in [0.2, 0.25) is 0 Å². The summed E-state index contributed by atoms with van der Waals surface area (Å²) < 4.78 is 0. The van der Waals surface area contributed by atoms with Crippen molar-refractivity contribution in [2.24, 2.45) is 11.8 Å².